The fourth-order valence-electron chi connectivity index (χ4n) is 1.03. The maximum Gasteiger partial charge on any atom is 0.426 e. The summed E-state index contributed by atoms with van der Waals surface area (Å²) < 4.78 is 5.05. The molecule has 5 nitrogen and oxygen atoms in total. The zero-order valence-electron chi connectivity index (χ0n) is 9.70. The summed E-state index contributed by atoms with van der Waals surface area (Å²) in [5, 5.41) is 0. The van der Waals surface area contributed by atoms with Gasteiger partial charge in [0.25, 0.3) is 0 Å². The third-order valence-corrected chi connectivity index (χ3v) is 1.66. The molecular weight excluding hydrogens is 206 g/mol. The lowest BCUT2D eigenvalue weighted by Crippen LogP contribution is -2.35. The Hall–Kier alpha value is -1.91. The Morgan fingerprint density at radius 3 is 2.50 bits per heavy atom. The second-order valence-corrected chi connectivity index (χ2v) is 4.34. The fourth-order valence-corrected chi connectivity index (χ4v) is 1.03. The molecule has 0 radical (unpaired) electrons. The first-order valence-corrected chi connectivity index (χ1v) is 4.98. The number of anilines is 2. The quantitative estimate of drug-likeness (QED) is 0.530. The summed E-state index contributed by atoms with van der Waals surface area (Å²) >= 11 is 0. The molecule has 0 saturated heterocycles. The maximum absolute atomic E-state index is 11.3. The second kappa shape index (κ2) is 4.74. The van der Waals surface area contributed by atoms with Gasteiger partial charge in [-0.05, 0) is 32.9 Å². The number of hydrogen-bond donors (Lipinski definition) is 3. The third-order valence-electron chi connectivity index (χ3n) is 1.66. The molecule has 1 amide bonds. The predicted octanol–water partition coefficient (Wildman–Crippen LogP) is 2.12. The Morgan fingerprint density at radius 2 is 1.94 bits per heavy atom. The van der Waals surface area contributed by atoms with E-state index in [4.69, 9.17) is 10.5 Å². The monoisotopic (exact) mass is 223 g/mol. The Bertz CT molecular complexity index is 372. The number of nitrogens with one attached hydrogen (secondary N) is 2. The number of carbonyl (C=O) groups is 1. The number of hydrogen-bond acceptors (Lipinski definition) is 4. The number of amides is 1. The largest absolute Gasteiger partial charge is 0.443 e. The normalized spacial score (nSPS) is 10.7. The molecule has 0 saturated carbocycles. The van der Waals surface area contributed by atoms with Crippen LogP contribution in [0.2, 0.25) is 0 Å². The van der Waals surface area contributed by atoms with Crippen LogP contribution >= 0.6 is 0 Å². The molecule has 0 aromatic heterocycles. The lowest BCUT2D eigenvalue weighted by Gasteiger charge is -2.20. The van der Waals surface area contributed by atoms with Crippen LogP contribution < -0.4 is 16.6 Å². The summed E-state index contributed by atoms with van der Waals surface area (Å²) in [4.78, 5) is 11.3. The van der Waals surface area contributed by atoms with Crippen molar-refractivity contribution in [2.24, 2.45) is 0 Å². The molecule has 1 aromatic rings. The lowest BCUT2D eigenvalue weighted by atomic mass is 10.2. The van der Waals surface area contributed by atoms with E-state index >= 15 is 0 Å². The van der Waals surface area contributed by atoms with Crippen molar-refractivity contribution in [1.29, 1.82) is 0 Å². The van der Waals surface area contributed by atoms with E-state index in [1.807, 2.05) is 12.1 Å². The zero-order chi connectivity index (χ0) is 12.2. The Kier molecular flexibility index (Phi) is 3.60. The molecule has 1 rings (SSSR count). The van der Waals surface area contributed by atoms with E-state index < -0.39 is 11.7 Å². The number of hydrazine groups is 1. The first kappa shape index (κ1) is 12.2. The van der Waals surface area contributed by atoms with Crippen molar-refractivity contribution in [3.8, 4) is 0 Å². The van der Waals surface area contributed by atoms with Crippen molar-refractivity contribution in [2.75, 3.05) is 11.2 Å². The molecule has 0 aliphatic heterocycles. The summed E-state index contributed by atoms with van der Waals surface area (Å²) in [6, 6.07) is 7.12. The highest BCUT2D eigenvalue weighted by Crippen LogP contribution is 2.15. The van der Waals surface area contributed by atoms with Gasteiger partial charge in [-0.2, -0.15) is 0 Å². The van der Waals surface area contributed by atoms with Crippen molar-refractivity contribution in [1.82, 2.24) is 5.43 Å². The van der Waals surface area contributed by atoms with Crippen LogP contribution in [0.15, 0.2) is 24.3 Å². The van der Waals surface area contributed by atoms with Crippen LogP contribution in [0.5, 0.6) is 0 Å². The van der Waals surface area contributed by atoms with Crippen LogP contribution in [0.3, 0.4) is 0 Å². The molecule has 1 aromatic carbocycles. The second-order valence-electron chi connectivity index (χ2n) is 4.34. The van der Waals surface area contributed by atoms with Crippen LogP contribution in [0, 0.1) is 0 Å². The molecule has 0 spiro atoms. The molecular formula is C11H17N3O2. The zero-order valence-corrected chi connectivity index (χ0v) is 9.70. The van der Waals surface area contributed by atoms with E-state index in [2.05, 4.69) is 10.9 Å². The highest BCUT2D eigenvalue weighted by atomic mass is 16.6. The van der Waals surface area contributed by atoms with Crippen LogP contribution in [0.25, 0.3) is 0 Å². The van der Waals surface area contributed by atoms with Gasteiger partial charge in [0.1, 0.15) is 5.60 Å². The van der Waals surface area contributed by atoms with Gasteiger partial charge >= 0.3 is 6.09 Å². The smallest absolute Gasteiger partial charge is 0.426 e. The molecule has 0 unspecified atom stereocenters. The maximum atomic E-state index is 11.3. The van der Waals surface area contributed by atoms with Gasteiger partial charge in [-0.3, -0.25) is 5.43 Å². The molecule has 0 fully saturated rings. The number of ether oxygens (including phenoxy) is 1. The molecule has 0 bridgehead atoms. The Balaban J connectivity index is 2.47. The van der Waals surface area contributed by atoms with E-state index in [0.29, 0.717) is 11.4 Å². The van der Waals surface area contributed by atoms with Gasteiger partial charge in [0.15, 0.2) is 0 Å². The van der Waals surface area contributed by atoms with Gasteiger partial charge in [0.2, 0.25) is 0 Å². The molecule has 0 atom stereocenters. The number of para-hydroxylation sites is 2. The van der Waals surface area contributed by atoms with Crippen molar-refractivity contribution in [3.05, 3.63) is 24.3 Å². The first-order valence-electron chi connectivity index (χ1n) is 4.98. The number of nitrogen functional groups attached to an aromatic ring is 1. The number of nitrogens with two attached hydrogens (primary N) is 1. The van der Waals surface area contributed by atoms with Crippen LogP contribution in [-0.2, 0) is 4.74 Å². The van der Waals surface area contributed by atoms with Gasteiger partial charge in [-0.15, -0.1) is 0 Å². The number of rotatable bonds is 2. The average Bonchev–Trinajstić information content (AvgIpc) is 2.14. The van der Waals surface area contributed by atoms with Crippen molar-refractivity contribution >= 4 is 17.5 Å². The van der Waals surface area contributed by atoms with Gasteiger partial charge in [-0.25, -0.2) is 10.2 Å². The minimum absolute atomic E-state index is 0.520. The minimum atomic E-state index is -0.546. The van der Waals surface area contributed by atoms with Crippen molar-refractivity contribution in [2.45, 2.75) is 26.4 Å². The molecule has 0 heterocycles. The van der Waals surface area contributed by atoms with Crippen LogP contribution in [0.1, 0.15) is 20.8 Å². The number of carbonyl (C=O) groups excluding carboxylic acids is 1. The Labute approximate surface area is 94.9 Å². The molecule has 88 valence electrons. The van der Waals surface area contributed by atoms with E-state index in [0.717, 1.165) is 0 Å². The van der Waals surface area contributed by atoms with E-state index in [1.54, 1.807) is 32.9 Å². The summed E-state index contributed by atoms with van der Waals surface area (Å²) in [7, 11) is 0. The van der Waals surface area contributed by atoms with Crippen LogP contribution in [-0.4, -0.2) is 11.7 Å². The third kappa shape index (κ3) is 4.08. The molecule has 0 aliphatic carbocycles. The summed E-state index contributed by atoms with van der Waals surface area (Å²) in [6.07, 6.45) is -0.546. The first-order chi connectivity index (χ1) is 7.38. The predicted molar refractivity (Wildman–Crippen MR) is 63.8 cm³/mol. The highest BCUT2D eigenvalue weighted by Gasteiger charge is 2.15. The topological polar surface area (TPSA) is 76.4 Å². The SMILES string of the molecule is CC(C)(C)OC(=O)NNc1ccccc1N. The number of benzene rings is 1. The van der Waals surface area contributed by atoms with Crippen molar-refractivity contribution in [3.63, 3.8) is 0 Å². The summed E-state index contributed by atoms with van der Waals surface area (Å²) in [5.41, 5.74) is 11.4. The molecule has 4 N–H and O–H groups in total. The standard InChI is InChI=1S/C11H17N3O2/c1-11(2,3)16-10(15)14-13-9-7-5-4-6-8(9)12/h4-7,13H,12H2,1-3H3,(H,14,15). The highest BCUT2D eigenvalue weighted by molar-refractivity contribution is 5.73. The van der Waals surface area contributed by atoms with Gasteiger partial charge in [-0.1, -0.05) is 12.1 Å². The van der Waals surface area contributed by atoms with Gasteiger partial charge in [0, 0.05) is 0 Å². The molecule has 16 heavy (non-hydrogen) atoms. The summed E-state index contributed by atoms with van der Waals surface area (Å²) in [5.74, 6) is 0. The van der Waals surface area contributed by atoms with E-state index in [9.17, 15) is 4.79 Å². The Morgan fingerprint density at radius 1 is 1.31 bits per heavy atom. The van der Waals surface area contributed by atoms with Crippen molar-refractivity contribution < 1.29 is 9.53 Å². The lowest BCUT2D eigenvalue weighted by molar-refractivity contribution is 0.0541. The van der Waals surface area contributed by atoms with Crippen LogP contribution in [0.4, 0.5) is 16.2 Å². The molecule has 0 aliphatic rings. The average molecular weight is 223 g/mol. The molecule has 5 heteroatoms. The van der Waals surface area contributed by atoms with Gasteiger partial charge < -0.3 is 10.5 Å². The fraction of sp³-hybridized carbons (Fsp3) is 0.364. The summed E-state index contributed by atoms with van der Waals surface area (Å²) in [6.45, 7) is 5.39. The van der Waals surface area contributed by atoms with E-state index in [-0.39, 0.29) is 0 Å². The minimum Gasteiger partial charge on any atom is -0.443 e. The van der Waals surface area contributed by atoms with Gasteiger partial charge in [0.05, 0.1) is 11.4 Å². The van der Waals surface area contributed by atoms with E-state index in [1.165, 1.54) is 0 Å².